The van der Waals surface area contributed by atoms with Gasteiger partial charge >= 0.3 is 0 Å². The van der Waals surface area contributed by atoms with Crippen LogP contribution in [-0.2, 0) is 0 Å². The van der Waals surface area contributed by atoms with Crippen LogP contribution in [0, 0.1) is 0 Å². The molecule has 1 unspecified atom stereocenters. The summed E-state index contributed by atoms with van der Waals surface area (Å²) in [6, 6.07) is 0. The number of allylic oxidation sites excluding steroid dienone is 2. The number of halogens is 1. The van der Waals surface area contributed by atoms with Crippen LogP contribution in [0.5, 0.6) is 0 Å². The molecule has 0 aromatic rings. The van der Waals surface area contributed by atoms with E-state index in [4.69, 9.17) is 5.11 Å². The van der Waals surface area contributed by atoms with Crippen molar-refractivity contribution in [3.63, 3.8) is 0 Å². The van der Waals surface area contributed by atoms with Gasteiger partial charge in [-0.15, -0.1) is 0 Å². The molecule has 0 fully saturated rings. The summed E-state index contributed by atoms with van der Waals surface area (Å²) in [6.45, 7) is 3.66. The summed E-state index contributed by atoms with van der Waals surface area (Å²) in [4.78, 5) is 0. The third-order valence-corrected chi connectivity index (χ3v) is 1.51. The third-order valence-electron chi connectivity index (χ3n) is 1.09. The molecule has 0 saturated heterocycles. The van der Waals surface area contributed by atoms with Gasteiger partial charge in [-0.05, 0) is 23.5 Å². The van der Waals surface area contributed by atoms with Crippen LogP contribution in [0.3, 0.4) is 0 Å². The van der Waals surface area contributed by atoms with Gasteiger partial charge in [-0.3, -0.25) is 0 Å². The van der Waals surface area contributed by atoms with Crippen molar-refractivity contribution >= 4 is 22.6 Å². The van der Waals surface area contributed by atoms with Crippen LogP contribution in [0.15, 0.2) is 21.8 Å². The Morgan fingerprint density at radius 2 is 2.22 bits per heavy atom. The summed E-state index contributed by atoms with van der Waals surface area (Å²) in [5.41, 5.74) is 0.989. The molecular formula is C7H11IO. The number of rotatable bonds is 2. The zero-order chi connectivity index (χ0) is 7.28. The Balaban J connectivity index is 3.84. The fraction of sp³-hybridized carbons (Fsp3) is 0.429. The number of hydrogen-bond donors (Lipinski definition) is 1. The first-order valence-electron chi connectivity index (χ1n) is 2.80. The maximum Gasteiger partial charge on any atom is 0.0722 e. The molecule has 1 atom stereocenters. The van der Waals surface area contributed by atoms with E-state index in [1.54, 1.807) is 6.92 Å². The molecule has 0 radical (unpaired) electrons. The van der Waals surface area contributed by atoms with Crippen molar-refractivity contribution in [2.75, 3.05) is 0 Å². The van der Waals surface area contributed by atoms with Crippen LogP contribution in [0.25, 0.3) is 0 Å². The predicted molar refractivity (Wildman–Crippen MR) is 48.6 cm³/mol. The minimum atomic E-state index is -0.322. The van der Waals surface area contributed by atoms with Gasteiger partial charge in [0.1, 0.15) is 0 Å². The van der Waals surface area contributed by atoms with Gasteiger partial charge in [0.15, 0.2) is 0 Å². The molecule has 0 aliphatic carbocycles. The van der Waals surface area contributed by atoms with Crippen LogP contribution < -0.4 is 0 Å². The smallest absolute Gasteiger partial charge is 0.0722 e. The Hall–Kier alpha value is 0.170. The number of aliphatic hydroxyl groups is 1. The van der Waals surface area contributed by atoms with Gasteiger partial charge in [-0.2, -0.15) is 0 Å². The highest BCUT2D eigenvalue weighted by atomic mass is 127. The first kappa shape index (κ1) is 9.17. The third kappa shape index (κ3) is 4.66. The maximum absolute atomic E-state index is 8.94. The van der Waals surface area contributed by atoms with Crippen molar-refractivity contribution in [3.8, 4) is 0 Å². The molecule has 1 N–H and O–H groups in total. The fourth-order valence-electron chi connectivity index (χ4n) is 0.327. The first-order chi connectivity index (χ1) is 4.18. The molecule has 52 valence electrons. The van der Waals surface area contributed by atoms with Gasteiger partial charge in [0.25, 0.3) is 0 Å². The summed E-state index contributed by atoms with van der Waals surface area (Å²) < 4.78 is 1.91. The molecule has 1 nitrogen and oxygen atoms in total. The van der Waals surface area contributed by atoms with Crippen LogP contribution in [0.1, 0.15) is 13.8 Å². The van der Waals surface area contributed by atoms with Gasteiger partial charge in [0, 0.05) is 0 Å². The van der Waals surface area contributed by atoms with E-state index in [1.807, 2.05) is 23.2 Å². The number of aliphatic hydroxyl groups excluding tert-OH is 1. The van der Waals surface area contributed by atoms with Gasteiger partial charge in [0.2, 0.25) is 0 Å². The highest BCUT2D eigenvalue weighted by Crippen LogP contribution is 1.99. The van der Waals surface area contributed by atoms with E-state index in [-0.39, 0.29) is 6.10 Å². The van der Waals surface area contributed by atoms with Crippen LogP contribution in [-0.4, -0.2) is 11.2 Å². The lowest BCUT2D eigenvalue weighted by molar-refractivity contribution is 0.231. The van der Waals surface area contributed by atoms with Crippen molar-refractivity contribution in [3.05, 3.63) is 21.8 Å². The highest BCUT2D eigenvalue weighted by Gasteiger charge is 1.93. The summed E-state index contributed by atoms with van der Waals surface area (Å²) >= 11 is 2.14. The predicted octanol–water partition coefficient (Wildman–Crippen LogP) is 2.26. The zero-order valence-corrected chi connectivity index (χ0v) is 7.79. The molecule has 0 aliphatic heterocycles. The van der Waals surface area contributed by atoms with Crippen molar-refractivity contribution in [2.24, 2.45) is 0 Å². The Morgan fingerprint density at radius 1 is 1.67 bits per heavy atom. The van der Waals surface area contributed by atoms with E-state index in [0.717, 1.165) is 5.57 Å². The first-order valence-corrected chi connectivity index (χ1v) is 4.04. The van der Waals surface area contributed by atoms with Gasteiger partial charge in [-0.1, -0.05) is 34.7 Å². The van der Waals surface area contributed by atoms with Crippen LogP contribution in [0.2, 0.25) is 0 Å². The molecule has 0 heterocycles. The summed E-state index contributed by atoms with van der Waals surface area (Å²) in [5.74, 6) is 0. The Morgan fingerprint density at radius 3 is 2.56 bits per heavy atom. The Bertz CT molecular complexity index is 125. The maximum atomic E-state index is 8.94. The van der Waals surface area contributed by atoms with E-state index < -0.39 is 0 Å². The lowest BCUT2D eigenvalue weighted by atomic mass is 10.2. The zero-order valence-electron chi connectivity index (χ0n) is 5.63. The van der Waals surface area contributed by atoms with Crippen molar-refractivity contribution in [1.29, 1.82) is 0 Å². The van der Waals surface area contributed by atoms with Gasteiger partial charge < -0.3 is 5.11 Å². The average Bonchev–Trinajstić information content (AvgIpc) is 1.82. The van der Waals surface area contributed by atoms with E-state index in [2.05, 4.69) is 22.6 Å². The lowest BCUT2D eigenvalue weighted by Crippen LogP contribution is -1.99. The molecule has 0 spiro atoms. The van der Waals surface area contributed by atoms with E-state index in [9.17, 15) is 0 Å². The monoisotopic (exact) mass is 238 g/mol. The van der Waals surface area contributed by atoms with Gasteiger partial charge in [-0.25, -0.2) is 0 Å². The molecule has 0 amide bonds. The summed E-state index contributed by atoms with van der Waals surface area (Å²) in [7, 11) is 0. The van der Waals surface area contributed by atoms with Crippen molar-refractivity contribution < 1.29 is 5.11 Å². The average molecular weight is 238 g/mol. The van der Waals surface area contributed by atoms with Crippen LogP contribution >= 0.6 is 22.6 Å². The van der Waals surface area contributed by atoms with E-state index >= 15 is 0 Å². The Labute approximate surface area is 69.6 Å². The van der Waals surface area contributed by atoms with Crippen molar-refractivity contribution in [2.45, 2.75) is 20.0 Å². The van der Waals surface area contributed by atoms with Crippen molar-refractivity contribution in [1.82, 2.24) is 0 Å². The molecular weight excluding hydrogens is 227 g/mol. The fourth-order valence-corrected chi connectivity index (χ4v) is 0.535. The molecule has 9 heavy (non-hydrogen) atoms. The highest BCUT2D eigenvalue weighted by molar-refractivity contribution is 14.1. The molecule has 0 aromatic heterocycles. The molecule has 0 aliphatic rings. The quantitative estimate of drug-likeness (QED) is 0.577. The normalized spacial score (nSPS) is 16.7. The van der Waals surface area contributed by atoms with E-state index in [0.29, 0.717) is 0 Å². The summed E-state index contributed by atoms with van der Waals surface area (Å²) in [6.07, 6.45) is 3.48. The second kappa shape index (κ2) is 4.99. The second-order valence-electron chi connectivity index (χ2n) is 1.91. The molecule has 0 bridgehead atoms. The number of hydrogen-bond acceptors (Lipinski definition) is 1. The SMILES string of the molecule is C/C(=C\C=C/I)C(C)O. The topological polar surface area (TPSA) is 20.2 Å². The second-order valence-corrected chi connectivity index (χ2v) is 2.62. The molecule has 0 rings (SSSR count). The van der Waals surface area contributed by atoms with Crippen LogP contribution in [0.4, 0.5) is 0 Å². The van der Waals surface area contributed by atoms with E-state index in [1.165, 1.54) is 0 Å². The molecule has 0 saturated carbocycles. The molecule has 2 heteroatoms. The minimum absolute atomic E-state index is 0.322. The van der Waals surface area contributed by atoms with Gasteiger partial charge in [0.05, 0.1) is 6.10 Å². The Kier molecular flexibility index (Phi) is 5.09. The standard InChI is InChI=1S/C7H11IO/c1-6(7(2)9)4-3-5-8/h3-5,7,9H,1-2H3/b5-3-,6-4+. The largest absolute Gasteiger partial charge is 0.389 e. The summed E-state index contributed by atoms with van der Waals surface area (Å²) in [5, 5.41) is 8.94. The lowest BCUT2D eigenvalue weighted by Gasteiger charge is -2.00. The molecule has 0 aromatic carbocycles. The minimum Gasteiger partial charge on any atom is -0.389 e.